The van der Waals surface area contributed by atoms with Crippen LogP contribution in [0.1, 0.15) is 42.3 Å². The van der Waals surface area contributed by atoms with Crippen LogP contribution in [0.5, 0.6) is 0 Å². The molecule has 0 unspecified atom stereocenters. The Morgan fingerprint density at radius 1 is 0.250 bits per heavy atom. The van der Waals surface area contributed by atoms with E-state index in [-0.39, 0.29) is 0 Å². The third-order valence-electron chi connectivity index (χ3n) is 11.6. The Labute approximate surface area is 359 Å². The number of rotatable bonds is 4. The molecule has 4 aromatic carbocycles. The van der Waals surface area contributed by atoms with Crippen LogP contribution in [-0.2, 0) is 0 Å². The number of fused-ring (bicyclic) bond motifs is 12. The zero-order chi connectivity index (χ0) is 39.3. The van der Waals surface area contributed by atoms with Crippen molar-refractivity contribution >= 4 is 108 Å². The van der Waals surface area contributed by atoms with Crippen LogP contribution in [-0.4, -0.2) is 19.9 Å². The minimum absolute atomic E-state index is 1.06. The van der Waals surface area contributed by atoms with Gasteiger partial charge in [0.1, 0.15) is 0 Å². The van der Waals surface area contributed by atoms with Gasteiger partial charge < -0.3 is 19.9 Å². The van der Waals surface area contributed by atoms with Crippen molar-refractivity contribution in [3.05, 3.63) is 234 Å². The van der Waals surface area contributed by atoms with E-state index in [4.69, 9.17) is 0 Å². The van der Waals surface area contributed by atoms with Crippen molar-refractivity contribution in [2.75, 3.05) is 0 Å². The van der Waals surface area contributed by atoms with E-state index in [0.717, 1.165) is 66.5 Å². The highest BCUT2D eigenvalue weighted by Crippen LogP contribution is 2.38. The molecule has 0 amide bonds. The molecule has 0 atom stereocenters. The summed E-state index contributed by atoms with van der Waals surface area (Å²) < 4.78 is 5.07. The molecule has 1 aliphatic rings. The summed E-state index contributed by atoms with van der Waals surface area (Å²) in [6, 6.07) is 62.1. The number of aromatic nitrogens is 4. The Kier molecular flexibility index (Phi) is 7.65. The summed E-state index contributed by atoms with van der Waals surface area (Å²) in [6.07, 6.45) is 0. The number of benzene rings is 4. The van der Waals surface area contributed by atoms with E-state index in [1.807, 2.05) is 45.3 Å². The fraction of sp³-hybridized carbons (Fsp3) is 0. The Morgan fingerprint density at radius 3 is 0.750 bits per heavy atom. The molecule has 12 aromatic rings. The van der Waals surface area contributed by atoms with Crippen LogP contribution in [0.3, 0.4) is 0 Å². The van der Waals surface area contributed by atoms with Gasteiger partial charge in [0.25, 0.3) is 0 Å². The highest BCUT2D eigenvalue weighted by Gasteiger charge is 2.21. The van der Waals surface area contributed by atoms with Crippen molar-refractivity contribution in [1.82, 2.24) is 19.9 Å². The normalized spacial score (nSPS) is 13.2. The molecular weight excluding hydrogens is 809 g/mol. The number of hydrogen-bond donors (Lipinski definition) is 4. The standard InChI is InChI=1S/C52H32N4S4/c1-5-13-41-29(9-1)25-45(57-41)49-33-17-19-35(53-33)50(46-26-30-10-2-6-14-42(30)58-46)37-21-23-39(55-37)52(48-28-32-12-4-8-16-44(32)60-48)40-24-22-38(56-40)51(36-20-18-34(49)54-36)47-27-31-11-3-7-15-43(31)59-47/h1-28,53-56H. The molecule has 8 aromatic heterocycles. The van der Waals surface area contributed by atoms with Gasteiger partial charge in [-0.1, -0.05) is 72.8 Å². The zero-order valence-electron chi connectivity index (χ0n) is 31.8. The molecule has 4 nitrogen and oxygen atoms in total. The molecule has 1 aliphatic heterocycles. The van der Waals surface area contributed by atoms with Crippen LogP contribution in [0, 0.1) is 0 Å². The predicted molar refractivity (Wildman–Crippen MR) is 255 cm³/mol. The largest absolute Gasteiger partial charge is 0.354 e. The summed E-state index contributed by atoms with van der Waals surface area (Å²) in [6.45, 7) is 0. The molecule has 8 heteroatoms. The second-order valence-electron chi connectivity index (χ2n) is 15.2. The summed E-state index contributed by atoms with van der Waals surface area (Å²) in [5.74, 6) is 0. The maximum Gasteiger partial charge on any atom is 0.0494 e. The Bertz CT molecular complexity index is 3290. The summed E-state index contributed by atoms with van der Waals surface area (Å²) in [7, 11) is 0. The van der Waals surface area contributed by atoms with Gasteiger partial charge in [0.05, 0.1) is 0 Å². The molecule has 4 N–H and O–H groups in total. The highest BCUT2D eigenvalue weighted by molar-refractivity contribution is 7.21. The number of thiophene rings is 4. The second kappa shape index (κ2) is 13.4. The molecule has 0 saturated carbocycles. The minimum Gasteiger partial charge on any atom is -0.354 e. The molecule has 284 valence electrons. The fourth-order valence-electron chi connectivity index (χ4n) is 8.81. The van der Waals surface area contributed by atoms with Crippen molar-refractivity contribution in [2.45, 2.75) is 0 Å². The summed E-state index contributed by atoms with van der Waals surface area (Å²) in [4.78, 5) is 20.8. The van der Waals surface area contributed by atoms with Gasteiger partial charge in [0, 0.05) is 105 Å². The van der Waals surface area contributed by atoms with Gasteiger partial charge in [0.15, 0.2) is 0 Å². The topological polar surface area (TPSA) is 63.2 Å². The molecule has 60 heavy (non-hydrogen) atoms. The monoisotopic (exact) mass is 840 g/mol. The molecule has 0 radical (unpaired) electrons. The lowest BCUT2D eigenvalue weighted by atomic mass is 10.1. The Hall–Kier alpha value is -6.68. The molecule has 9 heterocycles. The summed E-state index contributed by atoms with van der Waals surface area (Å²) in [5.41, 5.74) is 8.82. The van der Waals surface area contributed by atoms with E-state index in [1.54, 1.807) is 0 Å². The van der Waals surface area contributed by atoms with Gasteiger partial charge in [0.2, 0.25) is 0 Å². The van der Waals surface area contributed by atoms with Crippen LogP contribution in [0.15, 0.2) is 170 Å². The molecule has 0 aliphatic carbocycles. The first kappa shape index (κ1) is 34.2. The van der Waals surface area contributed by atoms with Gasteiger partial charge in [-0.25, -0.2) is 0 Å². The van der Waals surface area contributed by atoms with Crippen LogP contribution in [0.4, 0.5) is 0 Å². The lowest BCUT2D eigenvalue weighted by molar-refractivity contribution is 1.20. The van der Waals surface area contributed by atoms with Crippen molar-refractivity contribution in [1.29, 1.82) is 0 Å². The average molecular weight is 841 g/mol. The van der Waals surface area contributed by atoms with E-state index < -0.39 is 0 Å². The first-order chi connectivity index (χ1) is 29.7. The van der Waals surface area contributed by atoms with E-state index in [0.29, 0.717) is 0 Å². The molecule has 0 saturated heterocycles. The summed E-state index contributed by atoms with van der Waals surface area (Å²) >= 11 is 7.33. The first-order valence-corrected chi connectivity index (χ1v) is 23.2. The third kappa shape index (κ3) is 5.53. The van der Waals surface area contributed by atoms with Crippen LogP contribution >= 0.6 is 45.3 Å². The molecular formula is C52H32N4S4. The van der Waals surface area contributed by atoms with E-state index in [9.17, 15) is 0 Å². The van der Waals surface area contributed by atoms with Gasteiger partial charge in [-0.05, 0) is 119 Å². The van der Waals surface area contributed by atoms with Gasteiger partial charge in [-0.2, -0.15) is 0 Å². The van der Waals surface area contributed by atoms with Crippen LogP contribution < -0.4 is 21.4 Å². The lowest BCUT2D eigenvalue weighted by Crippen LogP contribution is -2.18. The SMILES string of the molecule is c1ccc2sc(C3=c4ccc([nH]4)=C(c4cc5ccccc5s4)c4ccc([nH]4)C(c4cc5ccccc5s4)=c4ccc([nH]4)=C(c4cc5ccccc5s4)c4ccc3[nH]4)cc2c1. The number of H-pyrrole nitrogens is 4. The quantitative estimate of drug-likeness (QED) is 0.136. The molecule has 8 bridgehead atoms. The van der Waals surface area contributed by atoms with Crippen molar-refractivity contribution in [3.8, 4) is 0 Å². The Morgan fingerprint density at radius 2 is 0.500 bits per heavy atom. The molecule has 0 fully saturated rings. The number of nitrogens with one attached hydrogen (secondary N) is 4. The maximum absolute atomic E-state index is 3.98. The zero-order valence-corrected chi connectivity index (χ0v) is 35.1. The Balaban J connectivity index is 1.16. The number of hydrogen-bond acceptors (Lipinski definition) is 4. The van der Waals surface area contributed by atoms with E-state index in [1.165, 1.54) is 59.9 Å². The average Bonchev–Trinajstić information content (AvgIpc) is 4.11. The molecule has 0 spiro atoms. The van der Waals surface area contributed by atoms with Gasteiger partial charge in [-0.15, -0.1) is 45.3 Å². The third-order valence-corrected chi connectivity index (χ3v) is 16.1. The first-order valence-electron chi connectivity index (χ1n) is 19.9. The van der Waals surface area contributed by atoms with Crippen molar-refractivity contribution in [2.24, 2.45) is 0 Å². The van der Waals surface area contributed by atoms with Gasteiger partial charge >= 0.3 is 0 Å². The van der Waals surface area contributed by atoms with Crippen LogP contribution in [0.25, 0.3) is 62.6 Å². The molecule has 13 rings (SSSR count). The van der Waals surface area contributed by atoms with E-state index >= 15 is 0 Å². The number of aromatic amines is 4. The minimum atomic E-state index is 1.06. The smallest absolute Gasteiger partial charge is 0.0494 e. The van der Waals surface area contributed by atoms with Crippen LogP contribution in [0.2, 0.25) is 0 Å². The summed E-state index contributed by atoms with van der Waals surface area (Å²) in [5, 5.41) is 9.22. The lowest BCUT2D eigenvalue weighted by Gasteiger charge is -2.07. The van der Waals surface area contributed by atoms with Crippen molar-refractivity contribution in [3.63, 3.8) is 0 Å². The maximum atomic E-state index is 3.98. The highest BCUT2D eigenvalue weighted by atomic mass is 32.1. The second-order valence-corrected chi connectivity index (χ2v) is 19.6. The van der Waals surface area contributed by atoms with Gasteiger partial charge in [-0.3, -0.25) is 0 Å². The van der Waals surface area contributed by atoms with Crippen molar-refractivity contribution < 1.29 is 0 Å². The fourth-order valence-corrected chi connectivity index (χ4v) is 13.4. The van der Waals surface area contributed by atoms with E-state index in [2.05, 4.69) is 190 Å². The predicted octanol–water partition coefficient (Wildman–Crippen LogP) is 11.2.